The average Bonchev–Trinajstić information content (AvgIpc) is 3.36. The first-order chi connectivity index (χ1) is 19.3. The summed E-state index contributed by atoms with van der Waals surface area (Å²) >= 11 is 1.02. The Kier molecular flexibility index (Phi) is 8.63. The average molecular weight is 597 g/mol. The second-order valence-electron chi connectivity index (χ2n) is 9.95. The Balaban J connectivity index is 1.67. The molecule has 1 N–H and O–H groups in total. The van der Waals surface area contributed by atoms with Crippen LogP contribution in [0.2, 0.25) is 0 Å². The van der Waals surface area contributed by atoms with Gasteiger partial charge < -0.3 is 14.4 Å². The van der Waals surface area contributed by atoms with E-state index in [9.17, 15) is 18.0 Å². The number of carbonyl (C=O) groups excluding carboxylic acids is 2. The number of hydrogen-bond donors (Lipinski definition) is 1. The molecule has 0 fully saturated rings. The standard InChI is InChI=1S/C27H28N6O6S2/c1-27(2,3)39-26(35)32-24-28-15-20(40-24)21-29-23(38-19-13-11-18(12-14-19)22(34)33(4)5)31-25(30-21)41(36,37)16-17-9-7-6-8-10-17/h6-15H,16H2,1-5H3,(H,28,32,35). The van der Waals surface area contributed by atoms with Gasteiger partial charge in [0.05, 0.1) is 16.8 Å². The van der Waals surface area contributed by atoms with Crippen LogP contribution in [0.5, 0.6) is 11.8 Å². The lowest BCUT2D eigenvalue weighted by molar-refractivity contribution is 0.0635. The zero-order chi connectivity index (χ0) is 29.8. The van der Waals surface area contributed by atoms with Gasteiger partial charge in [0.15, 0.2) is 11.0 Å². The molecular weight excluding hydrogens is 568 g/mol. The van der Waals surface area contributed by atoms with Crippen molar-refractivity contribution in [3.63, 3.8) is 0 Å². The lowest BCUT2D eigenvalue weighted by Crippen LogP contribution is -2.27. The molecule has 12 nitrogen and oxygen atoms in total. The van der Waals surface area contributed by atoms with Crippen LogP contribution in [0.1, 0.15) is 36.7 Å². The van der Waals surface area contributed by atoms with Crippen molar-refractivity contribution in [2.45, 2.75) is 37.3 Å². The summed E-state index contributed by atoms with van der Waals surface area (Å²) in [5, 5.41) is 2.25. The van der Waals surface area contributed by atoms with Gasteiger partial charge in [-0.15, -0.1) is 0 Å². The molecule has 0 atom stereocenters. The summed E-state index contributed by atoms with van der Waals surface area (Å²) in [4.78, 5) is 42.9. The van der Waals surface area contributed by atoms with E-state index in [1.54, 1.807) is 89.5 Å². The van der Waals surface area contributed by atoms with E-state index < -0.39 is 26.7 Å². The van der Waals surface area contributed by atoms with Gasteiger partial charge in [-0.1, -0.05) is 41.7 Å². The molecule has 2 aromatic heterocycles. The maximum absolute atomic E-state index is 13.3. The normalized spacial score (nSPS) is 11.5. The lowest BCUT2D eigenvalue weighted by atomic mass is 10.2. The molecule has 0 saturated heterocycles. The first-order valence-corrected chi connectivity index (χ1v) is 14.7. The summed E-state index contributed by atoms with van der Waals surface area (Å²) in [7, 11) is -0.730. The third kappa shape index (κ3) is 8.05. The lowest BCUT2D eigenvalue weighted by Gasteiger charge is -2.18. The highest BCUT2D eigenvalue weighted by molar-refractivity contribution is 7.90. The van der Waals surface area contributed by atoms with E-state index >= 15 is 0 Å². The summed E-state index contributed by atoms with van der Waals surface area (Å²) in [5.74, 6) is -0.267. The van der Waals surface area contributed by atoms with Crippen molar-refractivity contribution in [3.05, 3.63) is 71.9 Å². The highest BCUT2D eigenvalue weighted by Gasteiger charge is 2.24. The maximum atomic E-state index is 13.3. The van der Waals surface area contributed by atoms with E-state index in [2.05, 4.69) is 25.3 Å². The molecule has 0 aliphatic carbocycles. The van der Waals surface area contributed by atoms with Crippen LogP contribution in [-0.2, 0) is 20.3 Å². The minimum absolute atomic E-state index is 0.0178. The third-order valence-electron chi connectivity index (χ3n) is 5.12. The molecule has 0 radical (unpaired) electrons. The highest BCUT2D eigenvalue weighted by Crippen LogP contribution is 2.30. The largest absolute Gasteiger partial charge is 0.444 e. The molecule has 4 rings (SSSR count). The van der Waals surface area contributed by atoms with Crippen LogP contribution in [0.15, 0.2) is 66.0 Å². The fraction of sp³-hybridized carbons (Fsp3) is 0.259. The number of nitrogens with zero attached hydrogens (tertiary/aromatic N) is 5. The van der Waals surface area contributed by atoms with Crippen LogP contribution in [0.3, 0.4) is 0 Å². The van der Waals surface area contributed by atoms with Gasteiger partial charge in [0.1, 0.15) is 11.4 Å². The molecule has 14 heteroatoms. The monoisotopic (exact) mass is 596 g/mol. The predicted molar refractivity (Wildman–Crippen MR) is 153 cm³/mol. The smallest absolute Gasteiger partial charge is 0.413 e. The van der Waals surface area contributed by atoms with Crippen LogP contribution < -0.4 is 10.1 Å². The maximum Gasteiger partial charge on any atom is 0.413 e. The Bertz CT molecular complexity index is 1650. The number of amides is 2. The Morgan fingerprint density at radius 2 is 1.66 bits per heavy atom. The minimum Gasteiger partial charge on any atom is -0.444 e. The molecule has 2 aromatic carbocycles. The molecule has 2 amide bonds. The summed E-state index contributed by atoms with van der Waals surface area (Å²) in [6.07, 6.45) is 0.700. The summed E-state index contributed by atoms with van der Waals surface area (Å²) in [6, 6.07) is 14.6. The summed E-state index contributed by atoms with van der Waals surface area (Å²) in [6.45, 7) is 5.20. The first kappa shape index (κ1) is 29.6. The molecule has 2 heterocycles. The van der Waals surface area contributed by atoms with Gasteiger partial charge in [-0.3, -0.25) is 10.1 Å². The van der Waals surface area contributed by atoms with Crippen molar-refractivity contribution in [2.75, 3.05) is 19.4 Å². The van der Waals surface area contributed by atoms with Crippen molar-refractivity contribution in [1.82, 2.24) is 24.8 Å². The first-order valence-electron chi connectivity index (χ1n) is 12.3. The van der Waals surface area contributed by atoms with Crippen LogP contribution in [0.25, 0.3) is 10.7 Å². The topological polar surface area (TPSA) is 154 Å². The second-order valence-corrected chi connectivity index (χ2v) is 12.9. The number of benzene rings is 2. The van der Waals surface area contributed by atoms with Crippen LogP contribution in [0.4, 0.5) is 9.93 Å². The van der Waals surface area contributed by atoms with Crippen molar-refractivity contribution >= 4 is 38.3 Å². The van der Waals surface area contributed by atoms with E-state index in [0.29, 0.717) is 16.0 Å². The van der Waals surface area contributed by atoms with Gasteiger partial charge in [-0.05, 0) is 50.6 Å². The van der Waals surface area contributed by atoms with Crippen molar-refractivity contribution in [2.24, 2.45) is 0 Å². The Morgan fingerprint density at radius 3 is 2.29 bits per heavy atom. The molecule has 214 valence electrons. The molecule has 41 heavy (non-hydrogen) atoms. The minimum atomic E-state index is -4.02. The fourth-order valence-corrected chi connectivity index (χ4v) is 5.29. The molecular formula is C27H28N6O6S2. The Morgan fingerprint density at radius 1 is 0.976 bits per heavy atom. The van der Waals surface area contributed by atoms with Crippen LogP contribution >= 0.6 is 11.3 Å². The van der Waals surface area contributed by atoms with Crippen LogP contribution in [0, 0.1) is 0 Å². The van der Waals surface area contributed by atoms with Gasteiger partial charge in [-0.25, -0.2) is 18.2 Å². The number of aromatic nitrogens is 4. The summed E-state index contributed by atoms with van der Waals surface area (Å²) in [5.41, 5.74) is 0.295. The molecule has 0 aliphatic heterocycles. The van der Waals surface area contributed by atoms with Gasteiger partial charge in [-0.2, -0.15) is 15.0 Å². The Labute approximate surface area is 241 Å². The summed E-state index contributed by atoms with van der Waals surface area (Å²) < 4.78 is 37.7. The Hall–Kier alpha value is -4.43. The molecule has 0 unspecified atom stereocenters. The molecule has 0 aliphatic rings. The second kappa shape index (κ2) is 12.0. The highest BCUT2D eigenvalue weighted by atomic mass is 32.2. The van der Waals surface area contributed by atoms with Crippen molar-refractivity contribution in [1.29, 1.82) is 0 Å². The van der Waals surface area contributed by atoms with Gasteiger partial charge >= 0.3 is 12.1 Å². The number of thiazole rings is 1. The number of sulfone groups is 1. The third-order valence-corrected chi connectivity index (χ3v) is 7.48. The van der Waals surface area contributed by atoms with Gasteiger partial charge in [0.25, 0.3) is 11.1 Å². The predicted octanol–water partition coefficient (Wildman–Crippen LogP) is 4.81. The zero-order valence-corrected chi connectivity index (χ0v) is 24.6. The quantitative estimate of drug-likeness (QED) is 0.300. The molecule has 0 saturated carbocycles. The molecule has 0 spiro atoms. The van der Waals surface area contributed by atoms with E-state index in [1.165, 1.54) is 11.1 Å². The number of rotatable bonds is 8. The van der Waals surface area contributed by atoms with Crippen LogP contribution in [-0.4, -0.2) is 65.0 Å². The van der Waals surface area contributed by atoms with E-state index in [0.717, 1.165) is 11.3 Å². The number of nitrogens with one attached hydrogen (secondary N) is 1. The number of anilines is 1. The van der Waals surface area contributed by atoms with E-state index in [-0.39, 0.29) is 34.4 Å². The number of hydrogen-bond acceptors (Lipinski definition) is 11. The molecule has 4 aromatic rings. The number of ether oxygens (including phenoxy) is 2. The van der Waals surface area contributed by atoms with E-state index in [4.69, 9.17) is 9.47 Å². The SMILES string of the molecule is CN(C)C(=O)c1ccc(Oc2nc(-c3cnc(NC(=O)OC(C)(C)C)s3)nc(S(=O)(=O)Cc3ccccc3)n2)cc1. The van der Waals surface area contributed by atoms with Crippen molar-refractivity contribution < 1.29 is 27.5 Å². The van der Waals surface area contributed by atoms with Crippen molar-refractivity contribution in [3.8, 4) is 22.5 Å². The molecule has 0 bridgehead atoms. The van der Waals surface area contributed by atoms with E-state index in [1.807, 2.05) is 0 Å². The zero-order valence-electron chi connectivity index (χ0n) is 23.0. The van der Waals surface area contributed by atoms with Gasteiger partial charge in [0, 0.05) is 19.7 Å². The van der Waals surface area contributed by atoms with Gasteiger partial charge in [0.2, 0.25) is 9.84 Å². The number of carbonyl (C=O) groups is 2. The fourth-order valence-electron chi connectivity index (χ4n) is 3.35.